The molecule has 0 aromatic rings. The topological polar surface area (TPSA) is 32.5 Å². The van der Waals surface area contributed by atoms with Crippen LogP contribution in [0, 0.1) is 0 Å². The van der Waals surface area contributed by atoms with Gasteiger partial charge in [0.25, 0.3) is 0 Å². The molecule has 0 spiro atoms. The van der Waals surface area contributed by atoms with Gasteiger partial charge < -0.3 is 15.3 Å². The SMILES string of the molecule is CC(C)(C)N1C=CN(C(C)(C)C)B1N. The van der Waals surface area contributed by atoms with Gasteiger partial charge in [-0.15, -0.1) is 0 Å². The molecule has 1 heterocycles. The smallest absolute Gasteiger partial charge is 0.382 e. The molecule has 1 aliphatic rings. The Morgan fingerprint density at radius 2 is 1.14 bits per heavy atom. The Morgan fingerprint density at radius 1 is 0.857 bits per heavy atom. The Labute approximate surface area is 88.1 Å². The van der Waals surface area contributed by atoms with Gasteiger partial charge in [-0.1, -0.05) is 0 Å². The maximum atomic E-state index is 6.18. The van der Waals surface area contributed by atoms with Crippen LogP contribution in [-0.2, 0) is 0 Å². The van der Waals surface area contributed by atoms with Crippen LogP contribution in [0.5, 0.6) is 0 Å². The number of nitrogens with zero attached hydrogens (tertiary/aromatic N) is 2. The highest BCUT2D eigenvalue weighted by Crippen LogP contribution is 2.25. The molecular weight excluding hydrogens is 173 g/mol. The van der Waals surface area contributed by atoms with Crippen LogP contribution in [-0.4, -0.2) is 27.8 Å². The van der Waals surface area contributed by atoms with E-state index >= 15 is 0 Å². The molecule has 0 fully saturated rings. The fraction of sp³-hybridized carbons (Fsp3) is 0.800. The second-order valence-electron chi connectivity index (χ2n) is 5.87. The summed E-state index contributed by atoms with van der Waals surface area (Å²) in [6.07, 6.45) is 4.16. The summed E-state index contributed by atoms with van der Waals surface area (Å²) < 4.78 is 0. The van der Waals surface area contributed by atoms with E-state index in [0.717, 1.165) is 0 Å². The predicted molar refractivity (Wildman–Crippen MR) is 62.3 cm³/mol. The first-order valence-electron chi connectivity index (χ1n) is 5.15. The van der Waals surface area contributed by atoms with Gasteiger partial charge in [0.15, 0.2) is 0 Å². The highest BCUT2D eigenvalue weighted by Gasteiger charge is 2.39. The van der Waals surface area contributed by atoms with Gasteiger partial charge in [-0.05, 0) is 41.5 Å². The molecule has 1 rings (SSSR count). The van der Waals surface area contributed by atoms with Crippen LogP contribution in [0.15, 0.2) is 12.4 Å². The minimum Gasteiger partial charge on any atom is -0.382 e. The summed E-state index contributed by atoms with van der Waals surface area (Å²) in [7, 11) is -0.0463. The van der Waals surface area contributed by atoms with E-state index in [2.05, 4.69) is 63.6 Å². The Hall–Kier alpha value is -0.635. The van der Waals surface area contributed by atoms with Crippen molar-refractivity contribution in [1.29, 1.82) is 0 Å². The number of rotatable bonds is 0. The molecule has 0 saturated heterocycles. The van der Waals surface area contributed by atoms with Crippen LogP contribution in [0.3, 0.4) is 0 Å². The molecule has 0 radical (unpaired) electrons. The van der Waals surface area contributed by atoms with Crippen molar-refractivity contribution in [2.45, 2.75) is 52.6 Å². The number of nitrogens with two attached hydrogens (primary N) is 1. The zero-order valence-corrected chi connectivity index (χ0v) is 10.2. The van der Waals surface area contributed by atoms with Crippen molar-refractivity contribution in [2.24, 2.45) is 5.64 Å². The van der Waals surface area contributed by atoms with Crippen LogP contribution < -0.4 is 5.64 Å². The Balaban J connectivity index is 2.81. The fourth-order valence-corrected chi connectivity index (χ4v) is 1.69. The molecule has 2 N–H and O–H groups in total. The molecule has 0 aromatic heterocycles. The summed E-state index contributed by atoms with van der Waals surface area (Å²) >= 11 is 0. The lowest BCUT2D eigenvalue weighted by Gasteiger charge is -2.40. The number of hydrogen-bond acceptors (Lipinski definition) is 3. The van der Waals surface area contributed by atoms with Gasteiger partial charge in [-0.2, -0.15) is 0 Å². The molecule has 4 heteroatoms. The van der Waals surface area contributed by atoms with Crippen LogP contribution in [0.2, 0.25) is 0 Å². The first-order chi connectivity index (χ1) is 6.14. The summed E-state index contributed by atoms with van der Waals surface area (Å²) in [6, 6.07) is 0. The third-order valence-electron chi connectivity index (χ3n) is 2.51. The third-order valence-corrected chi connectivity index (χ3v) is 2.51. The van der Waals surface area contributed by atoms with Gasteiger partial charge in [0.05, 0.1) is 0 Å². The van der Waals surface area contributed by atoms with E-state index in [-0.39, 0.29) is 18.2 Å². The van der Waals surface area contributed by atoms with Crippen molar-refractivity contribution < 1.29 is 0 Å². The normalized spacial score (nSPS) is 18.4. The molecule has 1 aliphatic heterocycles. The summed E-state index contributed by atoms with van der Waals surface area (Å²) in [4.78, 5) is 4.36. The van der Waals surface area contributed by atoms with E-state index in [1.165, 1.54) is 0 Å². The van der Waals surface area contributed by atoms with Gasteiger partial charge >= 0.3 is 7.12 Å². The molecule has 0 aromatic carbocycles. The second kappa shape index (κ2) is 3.19. The molecule has 0 saturated carbocycles. The van der Waals surface area contributed by atoms with Crippen molar-refractivity contribution in [2.75, 3.05) is 0 Å². The summed E-state index contributed by atoms with van der Waals surface area (Å²) in [6.45, 7) is 13.0. The molecule has 80 valence electrons. The maximum Gasteiger partial charge on any atom is 0.465 e. The lowest BCUT2D eigenvalue weighted by atomic mass is 9.82. The quantitative estimate of drug-likeness (QED) is 0.596. The van der Waals surface area contributed by atoms with Crippen LogP contribution in [0.1, 0.15) is 41.5 Å². The van der Waals surface area contributed by atoms with Crippen molar-refractivity contribution in [3.05, 3.63) is 12.4 Å². The molecular formula is C10H22BN3. The molecule has 14 heavy (non-hydrogen) atoms. The van der Waals surface area contributed by atoms with Crippen molar-refractivity contribution in [1.82, 2.24) is 9.62 Å². The standard InChI is InChI=1S/C10H22BN3/c1-9(2,3)13-7-8-14(11(13)12)10(4,5)6/h7-8H,12H2,1-6H3. The van der Waals surface area contributed by atoms with Crippen molar-refractivity contribution in [3.63, 3.8) is 0 Å². The van der Waals surface area contributed by atoms with Crippen LogP contribution in [0.4, 0.5) is 0 Å². The minimum absolute atomic E-state index is 0.0463. The molecule has 0 atom stereocenters. The monoisotopic (exact) mass is 195 g/mol. The van der Waals surface area contributed by atoms with Crippen LogP contribution in [0.25, 0.3) is 0 Å². The zero-order chi connectivity index (χ0) is 11.1. The number of hydrogen-bond donors (Lipinski definition) is 1. The lowest BCUT2D eigenvalue weighted by molar-refractivity contribution is 0.280. The van der Waals surface area contributed by atoms with Gasteiger partial charge in [0.1, 0.15) is 0 Å². The predicted octanol–water partition coefficient (Wildman–Crippen LogP) is 1.62. The second-order valence-corrected chi connectivity index (χ2v) is 5.87. The summed E-state index contributed by atoms with van der Waals surface area (Å²) in [5.74, 6) is 0. The molecule has 0 aliphatic carbocycles. The Morgan fingerprint density at radius 3 is 1.29 bits per heavy atom. The van der Waals surface area contributed by atoms with Crippen molar-refractivity contribution in [3.8, 4) is 0 Å². The van der Waals surface area contributed by atoms with Gasteiger partial charge in [0, 0.05) is 23.5 Å². The first kappa shape index (κ1) is 11.4. The maximum absolute atomic E-state index is 6.18. The molecule has 0 unspecified atom stereocenters. The van der Waals surface area contributed by atoms with E-state index < -0.39 is 0 Å². The highest BCUT2D eigenvalue weighted by atomic mass is 15.3. The average molecular weight is 195 g/mol. The fourth-order valence-electron chi connectivity index (χ4n) is 1.69. The summed E-state index contributed by atoms with van der Waals surface area (Å²) in [5, 5.41) is 0. The lowest BCUT2D eigenvalue weighted by Crippen LogP contribution is -2.61. The van der Waals surface area contributed by atoms with Gasteiger partial charge in [-0.25, -0.2) is 0 Å². The molecule has 0 amide bonds. The Kier molecular flexibility index (Phi) is 2.61. The van der Waals surface area contributed by atoms with Crippen molar-refractivity contribution >= 4 is 7.12 Å². The zero-order valence-electron chi connectivity index (χ0n) is 10.2. The van der Waals surface area contributed by atoms with Gasteiger partial charge in [-0.3, -0.25) is 0 Å². The van der Waals surface area contributed by atoms with E-state index in [0.29, 0.717) is 0 Å². The minimum atomic E-state index is -0.0463. The van der Waals surface area contributed by atoms with Gasteiger partial charge in [0.2, 0.25) is 0 Å². The average Bonchev–Trinajstić information content (AvgIpc) is 2.26. The van der Waals surface area contributed by atoms with E-state index in [1.54, 1.807) is 0 Å². The van der Waals surface area contributed by atoms with E-state index in [1.807, 2.05) is 0 Å². The third kappa shape index (κ3) is 2.06. The largest absolute Gasteiger partial charge is 0.465 e. The van der Waals surface area contributed by atoms with Crippen LogP contribution >= 0.6 is 0 Å². The first-order valence-corrected chi connectivity index (χ1v) is 5.15. The highest BCUT2D eigenvalue weighted by molar-refractivity contribution is 6.51. The Bertz CT molecular complexity index is 213. The van der Waals surface area contributed by atoms with E-state index in [9.17, 15) is 0 Å². The molecule has 3 nitrogen and oxygen atoms in total. The molecule has 0 bridgehead atoms. The van der Waals surface area contributed by atoms with E-state index in [4.69, 9.17) is 5.64 Å². The summed E-state index contributed by atoms with van der Waals surface area (Å²) in [5.41, 5.74) is 6.34.